The van der Waals surface area contributed by atoms with E-state index < -0.39 is 0 Å². The average Bonchev–Trinajstić information content (AvgIpc) is 2.99. The molecule has 1 saturated carbocycles. The van der Waals surface area contributed by atoms with Crippen molar-refractivity contribution in [3.63, 3.8) is 0 Å². The number of ether oxygens (including phenoxy) is 1. The number of rotatable bonds is 3. The third-order valence-corrected chi connectivity index (χ3v) is 3.67. The molecule has 2 nitrogen and oxygen atoms in total. The lowest BCUT2D eigenvalue weighted by atomic mass is 9.90. The van der Waals surface area contributed by atoms with E-state index in [0.717, 1.165) is 12.3 Å². The summed E-state index contributed by atoms with van der Waals surface area (Å²) >= 11 is 0. The summed E-state index contributed by atoms with van der Waals surface area (Å²) in [6.45, 7) is 3.41. The van der Waals surface area contributed by atoms with Gasteiger partial charge in [-0.3, -0.25) is 0 Å². The molecule has 1 N–H and O–H groups in total. The van der Waals surface area contributed by atoms with Gasteiger partial charge in [0.15, 0.2) is 0 Å². The molecule has 2 fully saturated rings. The molecule has 1 saturated heterocycles. The summed E-state index contributed by atoms with van der Waals surface area (Å²) in [6.07, 6.45) is 5.38. The van der Waals surface area contributed by atoms with Gasteiger partial charge in [0, 0.05) is 11.1 Å². The monoisotopic (exact) mass is 217 g/mol. The molecule has 1 aliphatic carbocycles. The van der Waals surface area contributed by atoms with Gasteiger partial charge in [-0.05, 0) is 45.2 Å². The Hall–Kier alpha value is -1.02. The summed E-state index contributed by atoms with van der Waals surface area (Å²) in [6, 6.07) is 8.49. The van der Waals surface area contributed by atoms with E-state index in [1.807, 2.05) is 0 Å². The molecule has 1 aromatic carbocycles. The van der Waals surface area contributed by atoms with E-state index in [2.05, 4.69) is 36.5 Å². The molecule has 0 aromatic heterocycles. The predicted octanol–water partition coefficient (Wildman–Crippen LogP) is 2.83. The fourth-order valence-electron chi connectivity index (χ4n) is 2.52. The molecule has 2 aliphatic rings. The molecule has 3 rings (SSSR count). The number of hydrogen-bond donors (Lipinski definition) is 1. The van der Waals surface area contributed by atoms with Crippen molar-refractivity contribution in [2.45, 2.75) is 44.2 Å². The molecule has 1 unspecified atom stereocenters. The largest absolute Gasteiger partial charge is 0.490 e. The second-order valence-corrected chi connectivity index (χ2v) is 5.18. The fraction of sp³-hybridized carbons (Fsp3) is 0.571. The molecule has 0 radical (unpaired) electrons. The molecular weight excluding hydrogens is 198 g/mol. The molecule has 0 bridgehead atoms. The van der Waals surface area contributed by atoms with Crippen molar-refractivity contribution in [2.24, 2.45) is 0 Å². The summed E-state index contributed by atoms with van der Waals surface area (Å²) in [7, 11) is 0. The third kappa shape index (κ3) is 1.82. The van der Waals surface area contributed by atoms with Gasteiger partial charge in [-0.25, -0.2) is 0 Å². The van der Waals surface area contributed by atoms with Crippen molar-refractivity contribution < 1.29 is 4.74 Å². The Balaban J connectivity index is 1.91. The molecule has 2 heteroatoms. The second kappa shape index (κ2) is 3.77. The standard InChI is InChI=1S/C14H19NO/c1-14(9-4-10-15-14)12-5-2-3-6-13(12)16-11-7-8-11/h2-3,5-6,11,15H,4,7-10H2,1H3. The van der Waals surface area contributed by atoms with E-state index in [0.29, 0.717) is 6.10 Å². The topological polar surface area (TPSA) is 21.3 Å². The lowest BCUT2D eigenvalue weighted by Crippen LogP contribution is -2.33. The van der Waals surface area contributed by atoms with Gasteiger partial charge in [0.1, 0.15) is 5.75 Å². The Morgan fingerprint density at radius 1 is 1.31 bits per heavy atom. The first-order valence-electron chi connectivity index (χ1n) is 6.29. The lowest BCUT2D eigenvalue weighted by molar-refractivity contribution is 0.288. The smallest absolute Gasteiger partial charge is 0.124 e. The minimum atomic E-state index is 0.117. The summed E-state index contributed by atoms with van der Waals surface area (Å²) < 4.78 is 5.99. The van der Waals surface area contributed by atoms with Crippen molar-refractivity contribution >= 4 is 0 Å². The minimum absolute atomic E-state index is 0.117. The summed E-state index contributed by atoms with van der Waals surface area (Å²) in [4.78, 5) is 0. The van der Waals surface area contributed by atoms with Crippen LogP contribution in [-0.2, 0) is 5.54 Å². The van der Waals surface area contributed by atoms with Crippen LogP contribution in [0.4, 0.5) is 0 Å². The minimum Gasteiger partial charge on any atom is -0.490 e. The first-order chi connectivity index (χ1) is 7.78. The van der Waals surface area contributed by atoms with Crippen LogP contribution >= 0.6 is 0 Å². The zero-order chi connectivity index (χ0) is 11.0. The van der Waals surface area contributed by atoms with Crippen LogP contribution in [0.15, 0.2) is 24.3 Å². The van der Waals surface area contributed by atoms with Gasteiger partial charge in [-0.15, -0.1) is 0 Å². The Morgan fingerprint density at radius 2 is 2.12 bits per heavy atom. The molecule has 16 heavy (non-hydrogen) atoms. The molecule has 0 amide bonds. The van der Waals surface area contributed by atoms with E-state index in [4.69, 9.17) is 4.74 Å². The van der Waals surface area contributed by atoms with Crippen molar-refractivity contribution in [1.82, 2.24) is 5.32 Å². The maximum absolute atomic E-state index is 5.99. The maximum atomic E-state index is 5.99. The Bertz CT molecular complexity index is 378. The highest BCUT2D eigenvalue weighted by Gasteiger charge is 2.34. The van der Waals surface area contributed by atoms with Crippen LogP contribution in [0.1, 0.15) is 38.2 Å². The number of benzene rings is 1. The molecule has 1 aliphatic heterocycles. The lowest BCUT2D eigenvalue weighted by Gasteiger charge is -2.27. The van der Waals surface area contributed by atoms with Crippen molar-refractivity contribution in [2.75, 3.05) is 6.54 Å². The van der Waals surface area contributed by atoms with Crippen molar-refractivity contribution in [3.05, 3.63) is 29.8 Å². The van der Waals surface area contributed by atoms with E-state index in [1.54, 1.807) is 0 Å². The van der Waals surface area contributed by atoms with Crippen LogP contribution in [0.3, 0.4) is 0 Å². The highest BCUT2D eigenvalue weighted by atomic mass is 16.5. The third-order valence-electron chi connectivity index (χ3n) is 3.67. The summed E-state index contributed by atoms with van der Waals surface area (Å²) in [5.41, 5.74) is 1.45. The molecule has 0 spiro atoms. The fourth-order valence-corrected chi connectivity index (χ4v) is 2.52. The van der Waals surface area contributed by atoms with Crippen molar-refractivity contribution in [1.29, 1.82) is 0 Å². The van der Waals surface area contributed by atoms with Crippen LogP contribution < -0.4 is 10.1 Å². The molecule has 86 valence electrons. The van der Waals surface area contributed by atoms with Crippen LogP contribution in [0.5, 0.6) is 5.75 Å². The number of para-hydroxylation sites is 1. The van der Waals surface area contributed by atoms with E-state index in [1.165, 1.54) is 31.2 Å². The molecule has 1 heterocycles. The summed E-state index contributed by atoms with van der Waals surface area (Å²) in [5.74, 6) is 1.09. The highest BCUT2D eigenvalue weighted by molar-refractivity contribution is 5.39. The Kier molecular flexibility index (Phi) is 2.40. The van der Waals surface area contributed by atoms with E-state index in [9.17, 15) is 0 Å². The van der Waals surface area contributed by atoms with Gasteiger partial charge in [0.2, 0.25) is 0 Å². The first kappa shape index (κ1) is 10.2. The molecule has 1 atom stereocenters. The molecular formula is C14H19NO. The summed E-state index contributed by atoms with van der Waals surface area (Å²) in [5, 5.41) is 3.60. The average molecular weight is 217 g/mol. The Morgan fingerprint density at radius 3 is 2.81 bits per heavy atom. The second-order valence-electron chi connectivity index (χ2n) is 5.18. The van der Waals surface area contributed by atoms with Gasteiger partial charge in [-0.1, -0.05) is 18.2 Å². The first-order valence-corrected chi connectivity index (χ1v) is 6.29. The van der Waals surface area contributed by atoms with E-state index >= 15 is 0 Å². The predicted molar refractivity (Wildman–Crippen MR) is 64.7 cm³/mol. The SMILES string of the molecule is CC1(c2ccccc2OC2CC2)CCCN1. The molecule has 1 aromatic rings. The normalized spacial score (nSPS) is 29.3. The van der Waals surface area contributed by atoms with Gasteiger partial charge >= 0.3 is 0 Å². The zero-order valence-corrected chi connectivity index (χ0v) is 9.83. The van der Waals surface area contributed by atoms with Crippen LogP contribution in [0, 0.1) is 0 Å². The number of nitrogens with one attached hydrogen (secondary N) is 1. The number of hydrogen-bond acceptors (Lipinski definition) is 2. The Labute approximate surface area is 97.0 Å². The van der Waals surface area contributed by atoms with Crippen LogP contribution in [0.2, 0.25) is 0 Å². The van der Waals surface area contributed by atoms with Gasteiger partial charge in [0.05, 0.1) is 6.10 Å². The van der Waals surface area contributed by atoms with Crippen LogP contribution in [-0.4, -0.2) is 12.6 Å². The van der Waals surface area contributed by atoms with Gasteiger partial charge in [-0.2, -0.15) is 0 Å². The van der Waals surface area contributed by atoms with Gasteiger partial charge < -0.3 is 10.1 Å². The zero-order valence-electron chi connectivity index (χ0n) is 9.83. The highest BCUT2D eigenvalue weighted by Crippen LogP contribution is 2.38. The van der Waals surface area contributed by atoms with Gasteiger partial charge in [0.25, 0.3) is 0 Å². The quantitative estimate of drug-likeness (QED) is 0.840. The maximum Gasteiger partial charge on any atom is 0.124 e. The van der Waals surface area contributed by atoms with Crippen LogP contribution in [0.25, 0.3) is 0 Å². The van der Waals surface area contributed by atoms with Crippen molar-refractivity contribution in [3.8, 4) is 5.75 Å². The van der Waals surface area contributed by atoms with E-state index in [-0.39, 0.29) is 5.54 Å².